The zero-order valence-corrected chi connectivity index (χ0v) is 18.1. The van der Waals surface area contributed by atoms with Gasteiger partial charge in [-0.2, -0.15) is 0 Å². The van der Waals surface area contributed by atoms with Crippen molar-refractivity contribution in [1.29, 1.82) is 0 Å². The zero-order valence-electron chi connectivity index (χ0n) is 16.5. The summed E-state index contributed by atoms with van der Waals surface area (Å²) in [5, 5.41) is -1.14. The van der Waals surface area contributed by atoms with Gasteiger partial charge in [0.1, 0.15) is 5.82 Å². The lowest BCUT2D eigenvalue weighted by atomic mass is 10.1. The number of amides is 1. The molecular weight excluding hydrogens is 439 g/mol. The molecule has 0 radical (unpaired) electrons. The first-order chi connectivity index (χ1) is 13.9. The number of carbonyl (C=O) groups is 1. The van der Waals surface area contributed by atoms with Gasteiger partial charge in [-0.05, 0) is 39.1 Å². The van der Waals surface area contributed by atoms with Gasteiger partial charge in [-0.25, -0.2) is 26.9 Å². The molecule has 30 heavy (non-hydrogen) atoms. The highest BCUT2D eigenvalue weighted by molar-refractivity contribution is 7.90. The van der Waals surface area contributed by atoms with Gasteiger partial charge < -0.3 is 9.47 Å². The minimum absolute atomic E-state index is 0.264. The van der Waals surface area contributed by atoms with Crippen molar-refractivity contribution in [3.05, 3.63) is 61.1 Å². The molecule has 1 aromatic carbocycles. The Morgan fingerprint density at radius 1 is 1.23 bits per heavy atom. The van der Waals surface area contributed by atoms with E-state index in [0.717, 1.165) is 22.8 Å². The fourth-order valence-corrected chi connectivity index (χ4v) is 4.89. The first kappa shape index (κ1) is 22.2. The Balaban J connectivity index is 2.05. The van der Waals surface area contributed by atoms with E-state index in [2.05, 4.69) is 0 Å². The van der Waals surface area contributed by atoms with Crippen LogP contribution in [0.25, 0.3) is 5.69 Å². The number of nitrogens with zero attached hydrogens (tertiary/aromatic N) is 3. The molecule has 1 amide bonds. The van der Waals surface area contributed by atoms with E-state index in [-0.39, 0.29) is 17.1 Å². The number of hydrogen-bond donors (Lipinski definition) is 1. The molecule has 1 saturated heterocycles. The van der Waals surface area contributed by atoms with Crippen molar-refractivity contribution < 1.29 is 17.6 Å². The first-order valence-corrected chi connectivity index (χ1v) is 10.9. The van der Waals surface area contributed by atoms with Gasteiger partial charge in [0.2, 0.25) is 10.0 Å². The number of rotatable bonds is 4. The van der Waals surface area contributed by atoms with Crippen LogP contribution in [0.15, 0.2) is 27.8 Å². The maximum atomic E-state index is 14.6. The summed E-state index contributed by atoms with van der Waals surface area (Å²) in [5.41, 5.74) is -2.15. The van der Waals surface area contributed by atoms with Crippen molar-refractivity contribution in [2.75, 3.05) is 20.1 Å². The van der Waals surface area contributed by atoms with E-state index >= 15 is 0 Å². The van der Waals surface area contributed by atoms with E-state index < -0.39 is 43.9 Å². The topological polar surface area (TPSA) is 110 Å². The highest BCUT2D eigenvalue weighted by Gasteiger charge is 2.33. The summed E-state index contributed by atoms with van der Waals surface area (Å²) >= 11 is 5.96. The number of benzene rings is 1. The van der Waals surface area contributed by atoms with E-state index in [1.54, 1.807) is 7.05 Å². The quantitative estimate of drug-likeness (QED) is 0.710. The fraction of sp³-hybridized carbons (Fsp3) is 0.389. The van der Waals surface area contributed by atoms with E-state index in [9.17, 15) is 27.2 Å². The van der Waals surface area contributed by atoms with Gasteiger partial charge in [0.25, 0.3) is 11.5 Å². The van der Waals surface area contributed by atoms with Crippen LogP contribution in [0.4, 0.5) is 4.39 Å². The van der Waals surface area contributed by atoms with Crippen molar-refractivity contribution in [1.82, 2.24) is 18.8 Å². The van der Waals surface area contributed by atoms with Crippen LogP contribution in [-0.4, -0.2) is 53.7 Å². The average Bonchev–Trinajstić information content (AvgIpc) is 3.08. The van der Waals surface area contributed by atoms with Crippen LogP contribution < -0.4 is 16.0 Å². The molecule has 3 rings (SSSR count). The molecule has 2 aromatic rings. The molecule has 1 aromatic heterocycles. The maximum absolute atomic E-state index is 14.6. The summed E-state index contributed by atoms with van der Waals surface area (Å²) < 4.78 is 43.2. The third-order valence-corrected chi connectivity index (χ3v) is 7.15. The molecule has 1 N–H and O–H groups in total. The number of likely N-dealkylation sites (tertiary alicyclic amines) is 1. The summed E-state index contributed by atoms with van der Waals surface area (Å²) in [6.45, 7) is 2.37. The summed E-state index contributed by atoms with van der Waals surface area (Å²) in [7, 11) is -0.834. The predicted molar refractivity (Wildman–Crippen MR) is 109 cm³/mol. The second-order valence-corrected chi connectivity index (χ2v) is 9.60. The van der Waals surface area contributed by atoms with Crippen molar-refractivity contribution in [2.45, 2.75) is 18.6 Å². The summed E-state index contributed by atoms with van der Waals surface area (Å²) in [6.07, 6.45) is 0.357. The maximum Gasteiger partial charge on any atom is 0.335 e. The number of carbonyl (C=O) groups excluding carboxylic acids is 1. The number of aryl methyl sites for hydroxylation is 1. The third-order valence-electron chi connectivity index (χ3n) is 5.10. The van der Waals surface area contributed by atoms with Crippen LogP contribution in [0.3, 0.4) is 0 Å². The minimum Gasteiger partial charge on any atom is -0.305 e. The lowest BCUT2D eigenvalue weighted by molar-refractivity contribution is 0.0981. The molecule has 1 fully saturated rings. The number of halogens is 2. The van der Waals surface area contributed by atoms with Crippen LogP contribution in [0.1, 0.15) is 22.5 Å². The monoisotopic (exact) mass is 458 g/mol. The van der Waals surface area contributed by atoms with Crippen LogP contribution in [-0.2, 0) is 17.1 Å². The largest absolute Gasteiger partial charge is 0.335 e. The lowest BCUT2D eigenvalue weighted by Gasteiger charge is -2.15. The number of nitrogens with one attached hydrogen (secondary N) is 1. The molecule has 12 heteroatoms. The minimum atomic E-state index is -4.00. The molecule has 1 unspecified atom stereocenters. The Morgan fingerprint density at radius 3 is 2.50 bits per heavy atom. The van der Waals surface area contributed by atoms with Gasteiger partial charge in [0.15, 0.2) is 0 Å². The van der Waals surface area contributed by atoms with Gasteiger partial charge in [0, 0.05) is 25.4 Å². The number of sulfonamides is 1. The Labute approximate surface area is 176 Å². The van der Waals surface area contributed by atoms with Gasteiger partial charge in [-0.1, -0.05) is 11.6 Å². The first-order valence-electron chi connectivity index (χ1n) is 8.96. The van der Waals surface area contributed by atoms with Crippen LogP contribution >= 0.6 is 11.6 Å². The van der Waals surface area contributed by atoms with Crippen LogP contribution in [0.5, 0.6) is 0 Å². The van der Waals surface area contributed by atoms with Gasteiger partial charge >= 0.3 is 5.69 Å². The van der Waals surface area contributed by atoms with E-state index in [0.29, 0.717) is 23.2 Å². The van der Waals surface area contributed by atoms with Gasteiger partial charge in [0.05, 0.1) is 21.5 Å². The fourth-order valence-electron chi connectivity index (χ4n) is 3.26. The molecule has 0 aliphatic carbocycles. The molecule has 1 aliphatic heterocycles. The Morgan fingerprint density at radius 2 is 1.90 bits per heavy atom. The highest BCUT2D eigenvalue weighted by Crippen LogP contribution is 2.23. The molecular formula is C18H20ClFN4O5S. The van der Waals surface area contributed by atoms with Crippen molar-refractivity contribution in [3.63, 3.8) is 0 Å². The number of hydrogen-bond acceptors (Lipinski definition) is 6. The van der Waals surface area contributed by atoms with E-state index in [4.69, 9.17) is 11.6 Å². The van der Waals surface area contributed by atoms with E-state index in [1.165, 1.54) is 14.0 Å². The second kappa shape index (κ2) is 7.97. The predicted octanol–water partition coefficient (Wildman–Crippen LogP) is 0.401. The Bertz CT molecular complexity index is 1250. The average molecular weight is 459 g/mol. The molecule has 0 spiro atoms. The third kappa shape index (κ3) is 4.05. The summed E-state index contributed by atoms with van der Waals surface area (Å²) in [4.78, 5) is 39.2. The molecule has 0 saturated carbocycles. The molecule has 162 valence electrons. The Kier molecular flexibility index (Phi) is 5.89. The van der Waals surface area contributed by atoms with E-state index in [1.807, 2.05) is 9.62 Å². The van der Waals surface area contributed by atoms with Crippen LogP contribution in [0.2, 0.25) is 5.02 Å². The molecule has 1 aliphatic rings. The van der Waals surface area contributed by atoms with Crippen molar-refractivity contribution in [3.8, 4) is 5.69 Å². The number of aromatic nitrogens is 2. The smallest absolute Gasteiger partial charge is 0.305 e. The standard InChI is InChI=1S/C18H20ClFN4O5S/c1-10-6-16(25)24(18(27)23(10)3)15-7-12(13(19)8-14(15)20)17(26)21-30(28,29)11-4-5-22(2)9-11/h6-8,11H,4-5,9H2,1-3H3,(H,21,26). The van der Waals surface area contributed by atoms with Gasteiger partial charge in [-0.3, -0.25) is 9.59 Å². The molecule has 1 atom stereocenters. The Hall–Kier alpha value is -2.50. The van der Waals surface area contributed by atoms with Crippen molar-refractivity contribution >= 4 is 27.5 Å². The van der Waals surface area contributed by atoms with Crippen molar-refractivity contribution in [2.24, 2.45) is 7.05 Å². The normalized spacial score (nSPS) is 17.3. The molecule has 0 bridgehead atoms. The molecule has 9 nitrogen and oxygen atoms in total. The summed E-state index contributed by atoms with van der Waals surface area (Å²) in [6, 6.07) is 2.78. The lowest BCUT2D eigenvalue weighted by Crippen LogP contribution is -2.40. The van der Waals surface area contributed by atoms with Crippen LogP contribution in [0, 0.1) is 12.7 Å². The zero-order chi connectivity index (χ0) is 22.4. The summed E-state index contributed by atoms with van der Waals surface area (Å²) in [5.74, 6) is -2.09. The SMILES string of the molecule is Cc1cc(=O)n(-c2cc(C(=O)NS(=O)(=O)C3CCN(C)C3)c(Cl)cc2F)c(=O)n1C. The van der Waals surface area contributed by atoms with Gasteiger partial charge in [-0.15, -0.1) is 0 Å². The molecule has 2 heterocycles. The second-order valence-electron chi connectivity index (χ2n) is 7.23. The highest BCUT2D eigenvalue weighted by atomic mass is 35.5.